The molecule has 1 N–H and O–H groups in total. The van der Waals surface area contributed by atoms with Gasteiger partial charge >= 0.3 is 11.7 Å². The van der Waals surface area contributed by atoms with E-state index in [1.165, 1.54) is 9.25 Å². The van der Waals surface area contributed by atoms with Crippen molar-refractivity contribution in [3.63, 3.8) is 0 Å². The van der Waals surface area contributed by atoms with E-state index in [-0.39, 0.29) is 17.3 Å². The fraction of sp³-hybridized carbons (Fsp3) is 0.515. The maximum absolute atomic E-state index is 13.6. The molecule has 0 aliphatic rings. The molecular formula is C33H46N4O5. The van der Waals surface area contributed by atoms with E-state index >= 15 is 0 Å². The number of ether oxygens (including phenoxy) is 2. The molecule has 1 aromatic heterocycles. The normalized spacial score (nSPS) is 12.2. The van der Waals surface area contributed by atoms with Gasteiger partial charge in [-0.25, -0.2) is 14.3 Å². The number of hydrogen-bond acceptors (Lipinski definition) is 7. The van der Waals surface area contributed by atoms with Crippen molar-refractivity contribution in [2.24, 2.45) is 7.05 Å². The fourth-order valence-electron chi connectivity index (χ4n) is 4.81. The molecule has 0 spiro atoms. The number of carbonyl (C=O) groups is 1. The maximum Gasteiger partial charge on any atom is 0.349 e. The molecule has 3 rings (SSSR count). The zero-order valence-electron chi connectivity index (χ0n) is 25.7. The van der Waals surface area contributed by atoms with Crippen LogP contribution in [0.2, 0.25) is 0 Å². The van der Waals surface area contributed by atoms with Crippen molar-refractivity contribution in [3.8, 4) is 5.75 Å². The minimum Gasteiger partial charge on any atom is -0.476 e. The summed E-state index contributed by atoms with van der Waals surface area (Å²) in [6.45, 7) is 8.57. The van der Waals surface area contributed by atoms with Gasteiger partial charge in [0.1, 0.15) is 11.4 Å². The lowest BCUT2D eigenvalue weighted by molar-refractivity contribution is -0.158. The Balaban J connectivity index is 1.74. The number of hydrogen-bond donors (Lipinski definition) is 1. The minimum absolute atomic E-state index is 0.296. The molecule has 3 aromatic rings. The Morgan fingerprint density at radius 3 is 2.31 bits per heavy atom. The highest BCUT2D eigenvalue weighted by Gasteiger charge is 2.31. The number of benzene rings is 2. The third-order valence-corrected chi connectivity index (χ3v) is 7.20. The minimum atomic E-state index is -1.09. The summed E-state index contributed by atoms with van der Waals surface area (Å²) >= 11 is 0. The van der Waals surface area contributed by atoms with E-state index in [2.05, 4.69) is 17.3 Å². The molecule has 0 aliphatic carbocycles. The number of rotatable bonds is 17. The van der Waals surface area contributed by atoms with Crippen LogP contribution in [0.25, 0.3) is 0 Å². The van der Waals surface area contributed by atoms with Crippen LogP contribution in [0.1, 0.15) is 82.7 Å². The molecule has 1 unspecified atom stereocenters. The van der Waals surface area contributed by atoms with Crippen LogP contribution in [0.5, 0.6) is 5.75 Å². The first-order chi connectivity index (χ1) is 20.2. The Morgan fingerprint density at radius 1 is 0.952 bits per heavy atom. The van der Waals surface area contributed by atoms with Crippen LogP contribution in [0.15, 0.2) is 64.2 Å². The Bertz CT molecular complexity index is 1380. The summed E-state index contributed by atoms with van der Waals surface area (Å²) < 4.78 is 13.6. The Labute approximate surface area is 248 Å². The zero-order valence-corrected chi connectivity index (χ0v) is 25.7. The molecule has 0 saturated carbocycles. The van der Waals surface area contributed by atoms with Gasteiger partial charge in [0, 0.05) is 13.6 Å². The van der Waals surface area contributed by atoms with Crippen molar-refractivity contribution in [1.29, 1.82) is 0 Å². The van der Waals surface area contributed by atoms with E-state index in [0.29, 0.717) is 44.0 Å². The molecular weight excluding hydrogens is 532 g/mol. The zero-order chi connectivity index (χ0) is 30.5. The lowest BCUT2D eigenvalue weighted by Gasteiger charge is -2.24. The quantitative estimate of drug-likeness (QED) is 0.182. The van der Waals surface area contributed by atoms with Crippen molar-refractivity contribution in [2.75, 3.05) is 13.2 Å². The van der Waals surface area contributed by atoms with Gasteiger partial charge in [-0.05, 0) is 69.8 Å². The van der Waals surface area contributed by atoms with Gasteiger partial charge in [0.25, 0.3) is 5.56 Å². The molecule has 9 nitrogen and oxygen atoms in total. The summed E-state index contributed by atoms with van der Waals surface area (Å²) in [6, 6.07) is 17.2. The number of aromatic nitrogens is 3. The standard InChI is InChI=1S/C33H46N4O5/c1-6-8-9-10-14-23-37-30(38)29(35-36(5)32(37)40)28(24-26-15-12-11-13-16-26)34-22-21-25-17-19-27(20-18-25)42-33(3,4)31(39)41-7-2/h11-13,15-20,28,34H,6-10,14,21-24H2,1-5H3. The number of nitrogens with zero attached hydrogens (tertiary/aromatic N) is 3. The van der Waals surface area contributed by atoms with Gasteiger partial charge in [-0.3, -0.25) is 9.36 Å². The smallest absolute Gasteiger partial charge is 0.349 e. The summed E-state index contributed by atoms with van der Waals surface area (Å²) in [7, 11) is 1.60. The summed E-state index contributed by atoms with van der Waals surface area (Å²) in [4.78, 5) is 38.6. The third kappa shape index (κ3) is 9.41. The number of nitrogens with one attached hydrogen (secondary N) is 1. The maximum atomic E-state index is 13.6. The van der Waals surface area contributed by atoms with Crippen molar-refractivity contribution < 1.29 is 14.3 Å². The molecule has 0 amide bonds. The predicted octanol–water partition coefficient (Wildman–Crippen LogP) is 4.75. The van der Waals surface area contributed by atoms with E-state index in [1.807, 2.05) is 54.6 Å². The topological polar surface area (TPSA) is 104 Å². The molecule has 0 fully saturated rings. The molecule has 0 radical (unpaired) electrons. The molecule has 2 aromatic carbocycles. The fourth-order valence-corrected chi connectivity index (χ4v) is 4.81. The Morgan fingerprint density at radius 2 is 1.64 bits per heavy atom. The highest BCUT2D eigenvalue weighted by molar-refractivity contribution is 5.79. The second-order valence-corrected chi connectivity index (χ2v) is 11.1. The lowest BCUT2D eigenvalue weighted by atomic mass is 10.0. The molecule has 9 heteroatoms. The van der Waals surface area contributed by atoms with Gasteiger partial charge in [-0.15, -0.1) is 0 Å². The van der Waals surface area contributed by atoms with Crippen LogP contribution in [0, 0.1) is 0 Å². The molecule has 0 bridgehead atoms. The number of esters is 1. The molecule has 1 heterocycles. The van der Waals surface area contributed by atoms with E-state index in [0.717, 1.165) is 43.2 Å². The van der Waals surface area contributed by atoms with Crippen LogP contribution in [0.4, 0.5) is 0 Å². The second-order valence-electron chi connectivity index (χ2n) is 11.1. The molecule has 0 saturated heterocycles. The predicted molar refractivity (Wildman–Crippen MR) is 165 cm³/mol. The SMILES string of the molecule is CCCCCCCn1c(=O)c(C(Cc2ccccc2)NCCc2ccc(OC(C)(C)C(=O)OCC)cc2)nn(C)c1=O. The van der Waals surface area contributed by atoms with Crippen LogP contribution in [-0.4, -0.2) is 39.1 Å². The molecule has 0 aliphatic heterocycles. The van der Waals surface area contributed by atoms with E-state index < -0.39 is 11.6 Å². The summed E-state index contributed by atoms with van der Waals surface area (Å²) in [5.74, 6) is 0.168. The summed E-state index contributed by atoms with van der Waals surface area (Å²) in [6.07, 6.45) is 6.41. The summed E-state index contributed by atoms with van der Waals surface area (Å²) in [5.41, 5.74) is 0.690. The van der Waals surface area contributed by atoms with Gasteiger partial charge < -0.3 is 14.8 Å². The Kier molecular flexibility index (Phi) is 12.5. The first-order valence-corrected chi connectivity index (χ1v) is 15.1. The highest BCUT2D eigenvalue weighted by Crippen LogP contribution is 2.21. The summed E-state index contributed by atoms with van der Waals surface area (Å²) in [5, 5.41) is 7.97. The van der Waals surface area contributed by atoms with Crippen molar-refractivity contribution >= 4 is 5.97 Å². The van der Waals surface area contributed by atoms with Crippen molar-refractivity contribution in [1.82, 2.24) is 19.7 Å². The van der Waals surface area contributed by atoms with Gasteiger partial charge in [-0.1, -0.05) is 75.1 Å². The van der Waals surface area contributed by atoms with Gasteiger partial charge in [0.05, 0.1) is 12.6 Å². The number of unbranched alkanes of at least 4 members (excludes halogenated alkanes) is 4. The molecule has 228 valence electrons. The number of aryl methyl sites for hydroxylation is 1. The van der Waals surface area contributed by atoms with Gasteiger partial charge in [0.2, 0.25) is 0 Å². The van der Waals surface area contributed by atoms with Gasteiger partial charge in [-0.2, -0.15) is 5.10 Å². The second kappa shape index (κ2) is 16.1. The average molecular weight is 579 g/mol. The highest BCUT2D eigenvalue weighted by atomic mass is 16.6. The van der Waals surface area contributed by atoms with Crippen molar-refractivity contribution in [3.05, 3.63) is 92.3 Å². The molecule has 42 heavy (non-hydrogen) atoms. The lowest BCUT2D eigenvalue weighted by Crippen LogP contribution is -2.45. The van der Waals surface area contributed by atoms with Crippen LogP contribution in [0.3, 0.4) is 0 Å². The average Bonchev–Trinajstić information content (AvgIpc) is 2.97. The monoisotopic (exact) mass is 578 g/mol. The van der Waals surface area contributed by atoms with E-state index in [9.17, 15) is 14.4 Å². The van der Waals surface area contributed by atoms with Gasteiger partial charge in [0.15, 0.2) is 5.60 Å². The van der Waals surface area contributed by atoms with E-state index in [1.54, 1.807) is 27.8 Å². The van der Waals surface area contributed by atoms with Crippen LogP contribution < -0.4 is 21.3 Å². The van der Waals surface area contributed by atoms with Crippen LogP contribution >= 0.6 is 0 Å². The largest absolute Gasteiger partial charge is 0.476 e. The van der Waals surface area contributed by atoms with Crippen LogP contribution in [-0.2, 0) is 36.0 Å². The van der Waals surface area contributed by atoms with E-state index in [4.69, 9.17) is 9.47 Å². The first kappa shape index (κ1) is 32.8. The third-order valence-electron chi connectivity index (χ3n) is 7.20. The first-order valence-electron chi connectivity index (χ1n) is 15.1. The van der Waals surface area contributed by atoms with Crippen molar-refractivity contribution in [2.45, 2.75) is 90.8 Å². The molecule has 1 atom stereocenters. The number of carbonyl (C=O) groups excluding carboxylic acids is 1. The Hall–Kier alpha value is -3.72.